The molecule has 0 spiro atoms. The molecule has 1 fully saturated rings. The summed E-state index contributed by atoms with van der Waals surface area (Å²) in [7, 11) is 0. The number of aromatic nitrogens is 1. The SMILES string of the molecule is Cc1ccc(C[C@@H]2CN(CCC(N)Cc3cccnc3)CCN2C(=O)c2cc(C(F)(F)F)cc(C(F)(F)F)c2)cc1C.Cl.Cl.Cl. The second kappa shape index (κ2) is 16.8. The molecule has 0 radical (unpaired) electrons. The van der Waals surface area contributed by atoms with Gasteiger partial charge in [0.1, 0.15) is 0 Å². The summed E-state index contributed by atoms with van der Waals surface area (Å²) in [5, 5.41) is 0. The molecule has 0 saturated carbocycles. The molecule has 4 rings (SSSR count). The van der Waals surface area contributed by atoms with Gasteiger partial charge in [0.2, 0.25) is 0 Å². The van der Waals surface area contributed by atoms with Crippen molar-refractivity contribution in [2.45, 2.75) is 57.5 Å². The Bertz CT molecular complexity index is 1360. The van der Waals surface area contributed by atoms with E-state index in [0.717, 1.165) is 22.3 Å². The van der Waals surface area contributed by atoms with Gasteiger partial charge in [0.05, 0.1) is 11.1 Å². The van der Waals surface area contributed by atoms with Crippen molar-refractivity contribution in [1.82, 2.24) is 14.8 Å². The molecule has 14 heteroatoms. The number of piperazine rings is 1. The van der Waals surface area contributed by atoms with E-state index < -0.39 is 41.0 Å². The molecule has 1 saturated heterocycles. The maximum Gasteiger partial charge on any atom is 0.416 e. The number of rotatable bonds is 8. The Kier molecular flexibility index (Phi) is 15.1. The summed E-state index contributed by atoms with van der Waals surface area (Å²) in [6, 6.07) is 10.1. The van der Waals surface area contributed by atoms with Gasteiger partial charge >= 0.3 is 12.4 Å². The number of carbonyl (C=O) groups is 1. The number of aryl methyl sites for hydroxylation is 2. The van der Waals surface area contributed by atoms with Crippen molar-refractivity contribution in [3.63, 3.8) is 0 Å². The standard InChI is InChI=1S/C31H34F6N4O.3ClH/c1-20-5-6-22(12-21(20)2)14-28-19-40(9-7-27(38)13-23-4-3-8-39-18-23)10-11-41(28)29(42)24-15-25(30(32,33)34)17-26(16-24)31(35,36)37;;;/h3-6,8,12,15-18,27-28H,7,9-11,13-14,19,38H2,1-2H3;3*1H/t27?,28-;;;/m1.../s1. The average Bonchev–Trinajstić information content (AvgIpc) is 2.93. The first-order chi connectivity index (χ1) is 19.7. The van der Waals surface area contributed by atoms with E-state index in [1.54, 1.807) is 12.4 Å². The predicted molar refractivity (Wildman–Crippen MR) is 170 cm³/mol. The molecule has 2 heterocycles. The van der Waals surface area contributed by atoms with Gasteiger partial charge in [-0.25, -0.2) is 0 Å². The molecule has 2 atom stereocenters. The molecule has 2 N–H and O–H groups in total. The molecule has 5 nitrogen and oxygen atoms in total. The van der Waals surface area contributed by atoms with Gasteiger partial charge in [-0.15, -0.1) is 37.2 Å². The molecule has 1 amide bonds. The van der Waals surface area contributed by atoms with Gasteiger partial charge in [-0.1, -0.05) is 24.3 Å². The lowest BCUT2D eigenvalue weighted by atomic mass is 9.97. The van der Waals surface area contributed by atoms with Crippen LogP contribution in [0.15, 0.2) is 60.9 Å². The number of nitrogens with zero attached hydrogens (tertiary/aromatic N) is 3. The van der Waals surface area contributed by atoms with Crippen LogP contribution in [-0.2, 0) is 25.2 Å². The lowest BCUT2D eigenvalue weighted by molar-refractivity contribution is -0.143. The van der Waals surface area contributed by atoms with E-state index >= 15 is 0 Å². The smallest absolute Gasteiger partial charge is 0.333 e. The minimum Gasteiger partial charge on any atom is -0.333 e. The first-order valence-electron chi connectivity index (χ1n) is 13.7. The molecule has 2 aromatic carbocycles. The topological polar surface area (TPSA) is 62.5 Å². The van der Waals surface area contributed by atoms with Gasteiger partial charge < -0.3 is 10.6 Å². The number of hydrogen-bond donors (Lipinski definition) is 1. The molecule has 45 heavy (non-hydrogen) atoms. The number of nitrogens with two attached hydrogens (primary N) is 1. The Morgan fingerprint density at radius 3 is 2.11 bits per heavy atom. The van der Waals surface area contributed by atoms with Gasteiger partial charge in [-0.05, 0) is 86.2 Å². The van der Waals surface area contributed by atoms with Crippen molar-refractivity contribution in [3.8, 4) is 0 Å². The van der Waals surface area contributed by atoms with Crippen LogP contribution in [0.2, 0.25) is 0 Å². The number of amides is 1. The first kappa shape index (κ1) is 40.5. The van der Waals surface area contributed by atoms with E-state index in [2.05, 4.69) is 9.88 Å². The number of alkyl halides is 6. The fourth-order valence-electron chi connectivity index (χ4n) is 5.28. The summed E-state index contributed by atoms with van der Waals surface area (Å²) in [5.74, 6) is -0.853. The van der Waals surface area contributed by atoms with E-state index in [9.17, 15) is 31.1 Å². The fourth-order valence-corrected chi connectivity index (χ4v) is 5.28. The summed E-state index contributed by atoms with van der Waals surface area (Å²) in [6.07, 6.45) is -4.91. The van der Waals surface area contributed by atoms with E-state index in [1.807, 2.05) is 44.2 Å². The van der Waals surface area contributed by atoms with E-state index in [1.165, 1.54) is 4.90 Å². The molecular formula is C31H37Cl3F6N4O. The molecule has 0 bridgehead atoms. The summed E-state index contributed by atoms with van der Waals surface area (Å²) in [6.45, 7) is 5.54. The zero-order chi connectivity index (χ0) is 30.7. The van der Waals surface area contributed by atoms with Crippen LogP contribution in [-0.4, -0.2) is 59.0 Å². The minimum atomic E-state index is -5.04. The van der Waals surface area contributed by atoms with Crippen LogP contribution in [0.4, 0.5) is 26.3 Å². The third-order valence-electron chi connectivity index (χ3n) is 7.74. The van der Waals surface area contributed by atoms with E-state index in [0.29, 0.717) is 51.0 Å². The highest BCUT2D eigenvalue weighted by Crippen LogP contribution is 2.37. The second-order valence-electron chi connectivity index (χ2n) is 11.0. The molecule has 1 aromatic heterocycles. The van der Waals surface area contributed by atoms with Crippen LogP contribution in [0.3, 0.4) is 0 Å². The van der Waals surface area contributed by atoms with E-state index in [-0.39, 0.29) is 55.9 Å². The summed E-state index contributed by atoms with van der Waals surface area (Å²) in [4.78, 5) is 21.3. The predicted octanol–water partition coefficient (Wildman–Crippen LogP) is 7.33. The highest BCUT2D eigenvalue weighted by molar-refractivity contribution is 5.95. The van der Waals surface area contributed by atoms with Gasteiger partial charge in [-0.2, -0.15) is 26.3 Å². The number of pyridine rings is 1. The summed E-state index contributed by atoms with van der Waals surface area (Å²) in [5.41, 5.74) is 6.80. The van der Waals surface area contributed by atoms with Crippen molar-refractivity contribution in [2.24, 2.45) is 5.73 Å². The van der Waals surface area contributed by atoms with Crippen LogP contribution >= 0.6 is 37.2 Å². The van der Waals surface area contributed by atoms with Gasteiger partial charge in [0.25, 0.3) is 5.91 Å². The molecule has 0 aliphatic carbocycles. The van der Waals surface area contributed by atoms with Crippen molar-refractivity contribution in [2.75, 3.05) is 26.2 Å². The number of hydrogen-bond acceptors (Lipinski definition) is 4. The zero-order valence-corrected chi connectivity index (χ0v) is 27.1. The monoisotopic (exact) mass is 700 g/mol. The highest BCUT2D eigenvalue weighted by atomic mass is 35.5. The van der Waals surface area contributed by atoms with Crippen LogP contribution in [0, 0.1) is 13.8 Å². The number of halogens is 9. The van der Waals surface area contributed by atoms with Crippen LogP contribution < -0.4 is 5.73 Å². The second-order valence-corrected chi connectivity index (χ2v) is 11.0. The molecular weight excluding hydrogens is 665 g/mol. The summed E-state index contributed by atoms with van der Waals surface area (Å²) < 4.78 is 81.0. The largest absolute Gasteiger partial charge is 0.416 e. The van der Waals surface area contributed by atoms with Gasteiger partial charge in [0, 0.05) is 49.7 Å². The van der Waals surface area contributed by atoms with Gasteiger partial charge in [0.15, 0.2) is 0 Å². The zero-order valence-electron chi connectivity index (χ0n) is 24.7. The number of carbonyl (C=O) groups excluding carboxylic acids is 1. The van der Waals surface area contributed by atoms with E-state index in [4.69, 9.17) is 5.73 Å². The third-order valence-corrected chi connectivity index (χ3v) is 7.74. The minimum absolute atomic E-state index is 0. The van der Waals surface area contributed by atoms with Crippen molar-refractivity contribution in [3.05, 3.63) is 99.9 Å². The van der Waals surface area contributed by atoms with Crippen molar-refractivity contribution < 1.29 is 31.1 Å². The average molecular weight is 702 g/mol. The Labute approximate surface area is 277 Å². The molecule has 1 unspecified atom stereocenters. The normalized spacial score (nSPS) is 16.2. The lowest BCUT2D eigenvalue weighted by Gasteiger charge is -2.42. The first-order valence-corrected chi connectivity index (χ1v) is 13.7. The van der Waals surface area contributed by atoms with Crippen LogP contribution in [0.25, 0.3) is 0 Å². The Morgan fingerprint density at radius 1 is 0.911 bits per heavy atom. The highest BCUT2D eigenvalue weighted by Gasteiger charge is 2.39. The Balaban J connectivity index is 0.00000337. The summed E-state index contributed by atoms with van der Waals surface area (Å²) >= 11 is 0. The Morgan fingerprint density at radius 2 is 1.56 bits per heavy atom. The lowest BCUT2D eigenvalue weighted by Crippen LogP contribution is -2.56. The third kappa shape index (κ3) is 11.0. The molecule has 3 aromatic rings. The maximum absolute atomic E-state index is 13.6. The quantitative estimate of drug-likeness (QED) is 0.250. The van der Waals surface area contributed by atoms with Gasteiger partial charge in [-0.3, -0.25) is 14.7 Å². The molecule has 250 valence electrons. The van der Waals surface area contributed by atoms with Crippen molar-refractivity contribution >= 4 is 43.1 Å². The number of benzene rings is 2. The molecule has 1 aliphatic rings. The van der Waals surface area contributed by atoms with Crippen molar-refractivity contribution in [1.29, 1.82) is 0 Å². The molecule has 1 aliphatic heterocycles. The fraction of sp³-hybridized carbons (Fsp3) is 0.419. The Hall–Kier alpha value is -2.57. The van der Waals surface area contributed by atoms with Crippen LogP contribution in [0.5, 0.6) is 0 Å². The maximum atomic E-state index is 13.6. The van der Waals surface area contributed by atoms with Crippen LogP contribution in [0.1, 0.15) is 50.2 Å².